The van der Waals surface area contributed by atoms with Crippen LogP contribution in [-0.4, -0.2) is 30.5 Å². The highest BCUT2D eigenvalue weighted by Crippen LogP contribution is 2.34. The molecule has 3 aromatic rings. The summed E-state index contributed by atoms with van der Waals surface area (Å²) in [6, 6.07) is 11.4. The van der Waals surface area contributed by atoms with Crippen LogP contribution >= 0.6 is 11.3 Å². The van der Waals surface area contributed by atoms with Crippen molar-refractivity contribution in [3.63, 3.8) is 0 Å². The number of hydrogen-bond acceptors (Lipinski definition) is 5. The third kappa shape index (κ3) is 4.33. The maximum Gasteiger partial charge on any atom is 0.230 e. The summed E-state index contributed by atoms with van der Waals surface area (Å²) in [5.41, 5.74) is 2.58. The summed E-state index contributed by atoms with van der Waals surface area (Å²) in [4.78, 5) is 30.6. The molecule has 1 aromatic heterocycles. The largest absolute Gasteiger partial charge is 0.494 e. The van der Waals surface area contributed by atoms with Crippen molar-refractivity contribution in [1.82, 2.24) is 4.98 Å². The second-order valence-electron chi connectivity index (χ2n) is 6.91. The monoisotopic (exact) mass is 425 g/mol. The second-order valence-corrected chi connectivity index (χ2v) is 7.77. The van der Waals surface area contributed by atoms with Gasteiger partial charge in [-0.05, 0) is 30.7 Å². The Bertz CT molecular complexity index is 1100. The standard InChI is InChI=1S/C22H20FN3O3S/c1-29-19-11-16(7-8-18(19)26-9-3-6-21(26)28)24-20(27)12-17-13-30-22(25-17)14-4-2-5-15(23)10-14/h2,4-5,7-8,10-11,13H,3,6,9,12H2,1H3,(H,24,27). The fourth-order valence-corrected chi connectivity index (χ4v) is 4.21. The number of nitrogens with zero attached hydrogens (tertiary/aromatic N) is 2. The number of methoxy groups -OCH3 is 1. The topological polar surface area (TPSA) is 71.5 Å². The first-order valence-corrected chi connectivity index (χ1v) is 10.4. The Labute approximate surface area is 177 Å². The van der Waals surface area contributed by atoms with Crippen molar-refractivity contribution in [2.24, 2.45) is 0 Å². The van der Waals surface area contributed by atoms with Gasteiger partial charge in [0, 0.05) is 35.7 Å². The van der Waals surface area contributed by atoms with Gasteiger partial charge >= 0.3 is 0 Å². The number of thiazole rings is 1. The van der Waals surface area contributed by atoms with Crippen molar-refractivity contribution in [3.8, 4) is 16.3 Å². The Balaban J connectivity index is 1.43. The molecule has 0 unspecified atom stereocenters. The molecule has 2 aromatic carbocycles. The molecule has 1 aliphatic rings. The normalized spacial score (nSPS) is 13.5. The quantitative estimate of drug-likeness (QED) is 0.640. The van der Waals surface area contributed by atoms with Crippen LogP contribution in [0.1, 0.15) is 18.5 Å². The Morgan fingerprint density at radius 2 is 2.17 bits per heavy atom. The zero-order valence-corrected chi connectivity index (χ0v) is 17.2. The van der Waals surface area contributed by atoms with Gasteiger partial charge in [-0.15, -0.1) is 11.3 Å². The zero-order valence-electron chi connectivity index (χ0n) is 16.4. The minimum atomic E-state index is -0.324. The molecular weight excluding hydrogens is 405 g/mol. The molecule has 0 bridgehead atoms. The van der Waals surface area contributed by atoms with E-state index >= 15 is 0 Å². The van der Waals surface area contributed by atoms with Crippen LogP contribution in [0.2, 0.25) is 0 Å². The molecule has 1 N–H and O–H groups in total. The summed E-state index contributed by atoms with van der Waals surface area (Å²) in [6.07, 6.45) is 1.46. The molecule has 1 saturated heterocycles. The van der Waals surface area contributed by atoms with Crippen molar-refractivity contribution >= 4 is 34.5 Å². The van der Waals surface area contributed by atoms with E-state index in [1.165, 1.54) is 30.6 Å². The van der Waals surface area contributed by atoms with Crippen molar-refractivity contribution < 1.29 is 18.7 Å². The van der Waals surface area contributed by atoms with Gasteiger partial charge in [-0.3, -0.25) is 9.59 Å². The van der Waals surface area contributed by atoms with Crippen molar-refractivity contribution in [3.05, 3.63) is 59.4 Å². The highest BCUT2D eigenvalue weighted by molar-refractivity contribution is 7.13. The molecule has 0 radical (unpaired) electrons. The zero-order chi connectivity index (χ0) is 21.1. The SMILES string of the molecule is COc1cc(NC(=O)Cc2csc(-c3cccc(F)c3)n2)ccc1N1CCCC1=O. The maximum absolute atomic E-state index is 13.4. The smallest absolute Gasteiger partial charge is 0.230 e. The molecular formula is C22H20FN3O3S. The number of halogens is 1. The summed E-state index contributed by atoms with van der Waals surface area (Å²) >= 11 is 1.37. The lowest BCUT2D eigenvalue weighted by Crippen LogP contribution is -2.24. The molecule has 0 saturated carbocycles. The van der Waals surface area contributed by atoms with Crippen LogP contribution in [0.25, 0.3) is 10.6 Å². The molecule has 6 nitrogen and oxygen atoms in total. The number of anilines is 2. The van der Waals surface area contributed by atoms with Crippen LogP contribution in [0.4, 0.5) is 15.8 Å². The number of benzene rings is 2. The summed E-state index contributed by atoms with van der Waals surface area (Å²) in [7, 11) is 1.54. The fourth-order valence-electron chi connectivity index (χ4n) is 3.39. The number of aromatic nitrogens is 1. The minimum Gasteiger partial charge on any atom is -0.494 e. The molecule has 154 valence electrons. The summed E-state index contributed by atoms with van der Waals surface area (Å²) in [6.45, 7) is 0.665. The molecule has 30 heavy (non-hydrogen) atoms. The number of nitrogens with one attached hydrogen (secondary N) is 1. The van der Waals surface area contributed by atoms with E-state index in [0.29, 0.717) is 46.4 Å². The van der Waals surface area contributed by atoms with Gasteiger partial charge in [-0.1, -0.05) is 12.1 Å². The molecule has 2 amide bonds. The van der Waals surface area contributed by atoms with Crippen LogP contribution in [0.15, 0.2) is 47.8 Å². The van der Waals surface area contributed by atoms with Gasteiger partial charge in [-0.2, -0.15) is 0 Å². The van der Waals surface area contributed by atoms with E-state index in [9.17, 15) is 14.0 Å². The maximum atomic E-state index is 13.4. The molecule has 8 heteroatoms. The Kier molecular flexibility index (Phi) is 5.76. The average molecular weight is 425 g/mol. The summed E-state index contributed by atoms with van der Waals surface area (Å²) in [5.74, 6) is 0.0565. The van der Waals surface area contributed by atoms with Gasteiger partial charge in [0.1, 0.15) is 16.6 Å². The van der Waals surface area contributed by atoms with Crippen molar-refractivity contribution in [2.75, 3.05) is 23.9 Å². The Hall–Kier alpha value is -3.26. The van der Waals surface area contributed by atoms with E-state index in [0.717, 1.165) is 6.42 Å². The highest BCUT2D eigenvalue weighted by atomic mass is 32.1. The lowest BCUT2D eigenvalue weighted by Gasteiger charge is -2.19. The Morgan fingerprint density at radius 3 is 2.90 bits per heavy atom. The molecule has 1 aliphatic heterocycles. The summed E-state index contributed by atoms with van der Waals surface area (Å²) in [5, 5.41) is 5.29. The number of amides is 2. The van der Waals surface area contributed by atoms with Gasteiger partial charge in [-0.25, -0.2) is 9.37 Å². The van der Waals surface area contributed by atoms with Crippen LogP contribution in [0, 0.1) is 5.82 Å². The average Bonchev–Trinajstić information content (AvgIpc) is 3.37. The van der Waals surface area contributed by atoms with E-state index in [1.807, 2.05) is 0 Å². The number of ether oxygens (including phenoxy) is 1. The van der Waals surface area contributed by atoms with Gasteiger partial charge in [0.15, 0.2) is 0 Å². The van der Waals surface area contributed by atoms with Crippen LogP contribution < -0.4 is 15.0 Å². The predicted molar refractivity (Wildman–Crippen MR) is 114 cm³/mol. The van der Waals surface area contributed by atoms with Crippen LogP contribution in [0.5, 0.6) is 5.75 Å². The van der Waals surface area contributed by atoms with Crippen LogP contribution in [-0.2, 0) is 16.0 Å². The van der Waals surface area contributed by atoms with E-state index in [1.54, 1.807) is 40.6 Å². The van der Waals surface area contributed by atoms with E-state index in [-0.39, 0.29) is 24.1 Å². The minimum absolute atomic E-state index is 0.0720. The molecule has 0 atom stereocenters. The van der Waals surface area contributed by atoms with Crippen molar-refractivity contribution in [2.45, 2.75) is 19.3 Å². The lowest BCUT2D eigenvalue weighted by atomic mass is 10.2. The van der Waals surface area contributed by atoms with Crippen molar-refractivity contribution in [1.29, 1.82) is 0 Å². The third-order valence-corrected chi connectivity index (χ3v) is 5.73. The van der Waals surface area contributed by atoms with Gasteiger partial charge < -0.3 is 15.0 Å². The third-order valence-electron chi connectivity index (χ3n) is 4.79. The van der Waals surface area contributed by atoms with E-state index in [2.05, 4.69) is 10.3 Å². The molecule has 4 rings (SSSR count). The fraction of sp³-hybridized carbons (Fsp3) is 0.227. The summed E-state index contributed by atoms with van der Waals surface area (Å²) < 4.78 is 18.8. The van der Waals surface area contributed by atoms with Crippen LogP contribution in [0.3, 0.4) is 0 Å². The predicted octanol–water partition coefficient (Wildman–Crippen LogP) is 4.27. The number of carbonyl (C=O) groups is 2. The Morgan fingerprint density at radius 1 is 1.30 bits per heavy atom. The number of hydrogen-bond donors (Lipinski definition) is 1. The first-order valence-electron chi connectivity index (χ1n) is 9.52. The lowest BCUT2D eigenvalue weighted by molar-refractivity contribution is -0.117. The number of carbonyl (C=O) groups excluding carboxylic acids is 2. The van der Waals surface area contributed by atoms with Gasteiger partial charge in [0.25, 0.3) is 0 Å². The first kappa shape index (κ1) is 20.0. The van der Waals surface area contributed by atoms with E-state index in [4.69, 9.17) is 4.74 Å². The second kappa shape index (κ2) is 8.62. The molecule has 0 aliphatic carbocycles. The van der Waals surface area contributed by atoms with Gasteiger partial charge in [0.05, 0.1) is 24.9 Å². The number of rotatable bonds is 6. The molecule has 1 fully saturated rings. The first-order chi connectivity index (χ1) is 14.5. The van der Waals surface area contributed by atoms with E-state index < -0.39 is 0 Å². The highest BCUT2D eigenvalue weighted by Gasteiger charge is 2.24. The molecule has 2 heterocycles. The van der Waals surface area contributed by atoms with Gasteiger partial charge in [0.2, 0.25) is 11.8 Å². The molecule has 0 spiro atoms.